The highest BCUT2D eigenvalue weighted by Crippen LogP contribution is 2.28. The summed E-state index contributed by atoms with van der Waals surface area (Å²) in [5.74, 6) is 1.44. The lowest BCUT2D eigenvalue weighted by molar-refractivity contribution is 0.0973. The summed E-state index contributed by atoms with van der Waals surface area (Å²) in [6, 6.07) is 11.1. The molecule has 0 radical (unpaired) electrons. The quantitative estimate of drug-likeness (QED) is 0.127. The zero-order valence-electron chi connectivity index (χ0n) is 20.1. The molecule has 4 aromatic rings. The Hall–Kier alpha value is -3.87. The van der Waals surface area contributed by atoms with E-state index in [2.05, 4.69) is 30.9 Å². The number of carbonyl (C=O) groups excluding carboxylic acids is 1. The summed E-state index contributed by atoms with van der Waals surface area (Å²) in [6.07, 6.45) is 4.43. The number of fused-ring (bicyclic) bond motifs is 1. The third kappa shape index (κ3) is 6.03. The first kappa shape index (κ1) is 25.2. The molecule has 1 unspecified atom stereocenters. The van der Waals surface area contributed by atoms with Crippen LogP contribution in [0.5, 0.6) is 0 Å². The average Bonchev–Trinajstić information content (AvgIpc) is 3.51. The van der Waals surface area contributed by atoms with Gasteiger partial charge in [0.15, 0.2) is 17.3 Å². The van der Waals surface area contributed by atoms with E-state index in [0.29, 0.717) is 54.9 Å². The average molecular weight is 493 g/mol. The summed E-state index contributed by atoms with van der Waals surface area (Å²) >= 11 is 0. The smallest absolute Gasteiger partial charge is 0.202 e. The number of aromatic nitrogens is 5. The maximum absolute atomic E-state index is 13.2. The van der Waals surface area contributed by atoms with E-state index in [4.69, 9.17) is 21.8 Å². The largest absolute Gasteiger partial charge is 0.369 e. The summed E-state index contributed by atoms with van der Waals surface area (Å²) in [7, 11) is 0. The van der Waals surface area contributed by atoms with Gasteiger partial charge in [-0.25, -0.2) is 14.6 Å². The second-order valence-electron chi connectivity index (χ2n) is 8.47. The molecular weight excluding hydrogens is 460 g/mol. The van der Waals surface area contributed by atoms with Crippen molar-refractivity contribution in [1.82, 2.24) is 24.8 Å². The Kier molecular flexibility index (Phi) is 8.55. The molecule has 4 rings (SSSR count). The number of pyridine rings is 1. The van der Waals surface area contributed by atoms with Gasteiger partial charge in [-0.1, -0.05) is 18.6 Å². The molecule has 36 heavy (non-hydrogen) atoms. The van der Waals surface area contributed by atoms with Gasteiger partial charge in [-0.3, -0.25) is 4.79 Å². The van der Waals surface area contributed by atoms with Crippen molar-refractivity contribution in [3.8, 4) is 11.5 Å². The van der Waals surface area contributed by atoms with Gasteiger partial charge in [0.1, 0.15) is 5.82 Å². The molecule has 0 amide bonds. The number of Topliss-reactive ketones (excluding diaryl/α,β-unsaturated/α-hetero) is 1. The van der Waals surface area contributed by atoms with Crippen molar-refractivity contribution < 1.29 is 9.42 Å². The zero-order chi connectivity index (χ0) is 25.3. The van der Waals surface area contributed by atoms with Crippen LogP contribution in [-0.2, 0) is 6.54 Å². The summed E-state index contributed by atoms with van der Waals surface area (Å²) in [4.78, 5) is 22.3. The van der Waals surface area contributed by atoms with Gasteiger partial charge in [0.2, 0.25) is 5.82 Å². The molecule has 12 heteroatoms. The Morgan fingerprint density at radius 1 is 1.06 bits per heavy atom. The highest BCUT2D eigenvalue weighted by molar-refractivity contribution is 5.97. The maximum Gasteiger partial charge on any atom is 0.202 e. The Morgan fingerprint density at radius 3 is 2.69 bits per heavy atom. The van der Waals surface area contributed by atoms with Crippen molar-refractivity contribution in [3.05, 3.63) is 48.2 Å². The molecule has 0 aliphatic rings. The fourth-order valence-electron chi connectivity index (χ4n) is 3.85. The molecule has 3 heterocycles. The topological polar surface area (TPSA) is 189 Å². The molecule has 12 nitrogen and oxygen atoms in total. The standard InChI is InChI=1S/C24H32N10O2/c25-10-4-3-5-17(27)14-30-21-9-8-16(13-29-21)20(35)15-34-19-7-2-1-6-18(19)31-24(34)22-23(28-12-11-26)33-36-32-22/h1-2,6-9,13,17H,3-5,10-12,14-15,25-27H2,(H,28,33)(H,29,30). The second-order valence-corrected chi connectivity index (χ2v) is 8.47. The Bertz CT molecular complexity index is 1270. The number of nitrogens with one attached hydrogen (secondary N) is 2. The second kappa shape index (κ2) is 12.2. The van der Waals surface area contributed by atoms with E-state index in [0.717, 1.165) is 30.3 Å². The zero-order valence-corrected chi connectivity index (χ0v) is 20.1. The van der Waals surface area contributed by atoms with Crippen LogP contribution < -0.4 is 27.8 Å². The summed E-state index contributed by atoms with van der Waals surface area (Å²) < 4.78 is 6.75. The summed E-state index contributed by atoms with van der Waals surface area (Å²) in [5, 5.41) is 14.2. The van der Waals surface area contributed by atoms with E-state index in [-0.39, 0.29) is 18.4 Å². The van der Waals surface area contributed by atoms with E-state index >= 15 is 0 Å². The molecule has 0 saturated heterocycles. The predicted octanol–water partition coefficient (Wildman–Crippen LogP) is 1.60. The lowest BCUT2D eigenvalue weighted by atomic mass is 10.1. The van der Waals surface area contributed by atoms with Gasteiger partial charge in [-0.15, -0.1) is 0 Å². The Balaban J connectivity index is 1.49. The predicted molar refractivity (Wildman–Crippen MR) is 139 cm³/mol. The first-order valence-corrected chi connectivity index (χ1v) is 12.0. The van der Waals surface area contributed by atoms with E-state index in [9.17, 15) is 4.79 Å². The lowest BCUT2D eigenvalue weighted by Crippen LogP contribution is -2.29. The van der Waals surface area contributed by atoms with Crippen LogP contribution in [0.15, 0.2) is 47.2 Å². The van der Waals surface area contributed by atoms with Crippen molar-refractivity contribution >= 4 is 28.5 Å². The Morgan fingerprint density at radius 2 is 1.92 bits per heavy atom. The number of nitrogens with two attached hydrogens (primary N) is 3. The van der Waals surface area contributed by atoms with Crippen LogP contribution in [0.1, 0.15) is 29.6 Å². The van der Waals surface area contributed by atoms with Crippen molar-refractivity contribution in [2.45, 2.75) is 31.8 Å². The SMILES string of the molecule is NCCCCC(N)CNc1ccc(C(=O)Cn2c(-c3nonc3NCCN)nc3ccccc32)cn1. The van der Waals surface area contributed by atoms with Gasteiger partial charge < -0.3 is 32.4 Å². The number of carbonyl (C=O) groups is 1. The van der Waals surface area contributed by atoms with E-state index < -0.39 is 0 Å². The van der Waals surface area contributed by atoms with Crippen LogP contribution >= 0.6 is 0 Å². The van der Waals surface area contributed by atoms with Crippen molar-refractivity contribution in [2.75, 3.05) is 36.8 Å². The fourth-order valence-corrected chi connectivity index (χ4v) is 3.85. The molecule has 3 aromatic heterocycles. The van der Waals surface area contributed by atoms with Crippen molar-refractivity contribution in [1.29, 1.82) is 0 Å². The third-order valence-corrected chi connectivity index (χ3v) is 5.75. The van der Waals surface area contributed by atoms with Crippen molar-refractivity contribution in [3.63, 3.8) is 0 Å². The molecule has 0 aliphatic heterocycles. The number of rotatable bonds is 14. The van der Waals surface area contributed by atoms with E-state index in [1.54, 1.807) is 22.9 Å². The number of hydrogen-bond acceptors (Lipinski definition) is 11. The minimum Gasteiger partial charge on any atom is -0.369 e. The molecule has 0 saturated carbocycles. The van der Waals surface area contributed by atoms with Gasteiger partial charge in [-0.2, -0.15) is 0 Å². The fraction of sp³-hybridized carbons (Fsp3) is 0.375. The van der Waals surface area contributed by atoms with Gasteiger partial charge >= 0.3 is 0 Å². The first-order chi connectivity index (χ1) is 17.6. The first-order valence-electron chi connectivity index (χ1n) is 12.0. The van der Waals surface area contributed by atoms with E-state index in [1.807, 2.05) is 24.3 Å². The number of anilines is 2. The number of benzene rings is 1. The number of ketones is 1. The number of hydrogen-bond donors (Lipinski definition) is 5. The maximum atomic E-state index is 13.2. The van der Waals surface area contributed by atoms with Gasteiger partial charge in [0, 0.05) is 37.4 Å². The number of para-hydroxylation sites is 2. The summed E-state index contributed by atoms with van der Waals surface area (Å²) in [5.41, 5.74) is 19.7. The summed E-state index contributed by atoms with van der Waals surface area (Å²) in [6.45, 7) is 2.22. The highest BCUT2D eigenvalue weighted by atomic mass is 16.6. The molecule has 1 atom stereocenters. The van der Waals surface area contributed by atoms with Crippen LogP contribution in [0.4, 0.5) is 11.6 Å². The number of unbranched alkanes of at least 4 members (excludes halogenated alkanes) is 1. The van der Waals surface area contributed by atoms with Crippen LogP contribution in [0.3, 0.4) is 0 Å². The third-order valence-electron chi connectivity index (χ3n) is 5.75. The molecule has 0 aliphatic carbocycles. The molecule has 1 aromatic carbocycles. The van der Waals surface area contributed by atoms with Crippen LogP contribution in [0, 0.1) is 0 Å². The monoisotopic (exact) mass is 492 g/mol. The minimum atomic E-state index is -0.120. The van der Waals surface area contributed by atoms with Crippen LogP contribution in [-0.4, -0.2) is 62.9 Å². The normalized spacial score (nSPS) is 12.1. The van der Waals surface area contributed by atoms with Crippen molar-refractivity contribution in [2.24, 2.45) is 17.2 Å². The number of imidazole rings is 1. The molecule has 0 spiro atoms. The molecular formula is C24H32N10O2. The van der Waals surface area contributed by atoms with Gasteiger partial charge in [0.25, 0.3) is 0 Å². The molecule has 190 valence electrons. The van der Waals surface area contributed by atoms with E-state index in [1.165, 1.54) is 0 Å². The molecule has 0 bridgehead atoms. The lowest BCUT2D eigenvalue weighted by Gasteiger charge is -2.13. The van der Waals surface area contributed by atoms with Gasteiger partial charge in [-0.05, 0) is 54.0 Å². The van der Waals surface area contributed by atoms with Crippen LogP contribution in [0.2, 0.25) is 0 Å². The molecule has 0 fully saturated rings. The molecule has 8 N–H and O–H groups in total. The Labute approximate surface area is 208 Å². The highest BCUT2D eigenvalue weighted by Gasteiger charge is 2.22. The van der Waals surface area contributed by atoms with Gasteiger partial charge in [0.05, 0.1) is 17.6 Å². The number of nitrogens with zero attached hydrogens (tertiary/aromatic N) is 5. The van der Waals surface area contributed by atoms with Crippen LogP contribution in [0.25, 0.3) is 22.6 Å². The minimum absolute atomic E-state index is 0.0165.